The summed E-state index contributed by atoms with van der Waals surface area (Å²) in [6.07, 6.45) is 7.74. The highest BCUT2D eigenvalue weighted by atomic mass is 16.6. The van der Waals surface area contributed by atoms with Crippen LogP contribution in [-0.2, 0) is 23.9 Å². The van der Waals surface area contributed by atoms with Gasteiger partial charge in [0, 0.05) is 12.2 Å². The second kappa shape index (κ2) is 8.91. The molecule has 8 nitrogen and oxygen atoms in total. The lowest BCUT2D eigenvalue weighted by Gasteiger charge is -2.38. The Hall–Kier alpha value is -2.97. The zero-order valence-electron chi connectivity index (χ0n) is 20.3. The van der Waals surface area contributed by atoms with Crippen LogP contribution >= 0.6 is 0 Å². The van der Waals surface area contributed by atoms with Gasteiger partial charge in [0.1, 0.15) is 17.6 Å². The molecular weight excluding hydrogens is 448 g/mol. The van der Waals surface area contributed by atoms with Crippen molar-refractivity contribution in [2.75, 3.05) is 24.7 Å². The fourth-order valence-electron chi connectivity index (χ4n) is 6.08. The molecular formula is C27H32N2O6. The summed E-state index contributed by atoms with van der Waals surface area (Å²) in [5.74, 6) is -2.88. The van der Waals surface area contributed by atoms with Crippen LogP contribution in [0.5, 0.6) is 0 Å². The van der Waals surface area contributed by atoms with E-state index in [9.17, 15) is 19.5 Å². The third-order valence-electron chi connectivity index (χ3n) is 7.79. The third kappa shape index (κ3) is 3.53. The van der Waals surface area contributed by atoms with Crippen molar-refractivity contribution in [1.29, 1.82) is 0 Å². The first-order valence-corrected chi connectivity index (χ1v) is 12.3. The number of hydrogen-bond donors (Lipinski definition) is 1. The van der Waals surface area contributed by atoms with Crippen LogP contribution in [0.1, 0.15) is 30.9 Å². The van der Waals surface area contributed by atoms with Crippen LogP contribution in [0.3, 0.4) is 0 Å². The van der Waals surface area contributed by atoms with Gasteiger partial charge < -0.3 is 24.4 Å². The van der Waals surface area contributed by atoms with Crippen LogP contribution in [0.15, 0.2) is 42.5 Å². The molecule has 1 aromatic rings. The number of esters is 1. The van der Waals surface area contributed by atoms with Crippen molar-refractivity contribution in [2.24, 2.45) is 11.8 Å². The summed E-state index contributed by atoms with van der Waals surface area (Å²) in [6.45, 7) is 6.04. The number of cyclic esters (lactones) is 1. The molecule has 0 bridgehead atoms. The zero-order valence-corrected chi connectivity index (χ0v) is 20.3. The van der Waals surface area contributed by atoms with Crippen LogP contribution in [-0.4, -0.2) is 71.3 Å². The first-order valence-electron chi connectivity index (χ1n) is 12.3. The van der Waals surface area contributed by atoms with Gasteiger partial charge in [-0.05, 0) is 43.9 Å². The highest BCUT2D eigenvalue weighted by Crippen LogP contribution is 2.54. The maximum atomic E-state index is 14.3. The summed E-state index contributed by atoms with van der Waals surface area (Å²) in [5.41, 5.74) is 1.40. The average molecular weight is 481 g/mol. The second-order valence-corrected chi connectivity index (χ2v) is 9.86. The van der Waals surface area contributed by atoms with Crippen molar-refractivity contribution in [2.45, 2.75) is 57.4 Å². The van der Waals surface area contributed by atoms with Crippen molar-refractivity contribution < 1.29 is 29.0 Å². The number of anilines is 1. The summed E-state index contributed by atoms with van der Waals surface area (Å²) in [4.78, 5) is 44.6. The molecule has 2 fully saturated rings. The molecule has 4 aliphatic heterocycles. The summed E-state index contributed by atoms with van der Waals surface area (Å²) >= 11 is 0. The van der Waals surface area contributed by atoms with E-state index in [4.69, 9.17) is 9.47 Å². The minimum absolute atomic E-state index is 0.239. The Bertz CT molecular complexity index is 1110. The van der Waals surface area contributed by atoms with Crippen molar-refractivity contribution in [1.82, 2.24) is 4.90 Å². The van der Waals surface area contributed by atoms with Gasteiger partial charge in [0.05, 0.1) is 31.3 Å². The molecule has 0 radical (unpaired) electrons. The highest BCUT2D eigenvalue weighted by molar-refractivity contribution is 6.06. The van der Waals surface area contributed by atoms with Gasteiger partial charge in [0.25, 0.3) is 5.91 Å². The average Bonchev–Trinajstić information content (AvgIpc) is 3.21. The fraction of sp³-hybridized carbons (Fsp3) is 0.519. The third-order valence-corrected chi connectivity index (χ3v) is 7.79. The minimum atomic E-state index is -1.33. The molecule has 1 N–H and O–H groups in total. The Morgan fingerprint density at radius 1 is 1.17 bits per heavy atom. The SMILES string of the molecule is CC[C@@H](CO)N1C(=O)[C@@H]2[C@H]3C(=O)OCCC=C[C@H]3O[C@@]23C=CCN(c2cc(C)ccc2C)C(=O)C13. The number of nitrogens with zero attached hydrogens (tertiary/aromatic N) is 2. The monoisotopic (exact) mass is 480 g/mol. The molecule has 4 aliphatic rings. The zero-order chi connectivity index (χ0) is 24.9. The predicted molar refractivity (Wildman–Crippen MR) is 129 cm³/mol. The minimum Gasteiger partial charge on any atom is -0.465 e. The van der Waals surface area contributed by atoms with Crippen LogP contribution < -0.4 is 4.90 Å². The molecule has 1 unspecified atom stereocenters. The number of amides is 2. The van der Waals surface area contributed by atoms with Crippen LogP contribution in [0.2, 0.25) is 0 Å². The second-order valence-electron chi connectivity index (χ2n) is 9.86. The van der Waals surface area contributed by atoms with Gasteiger partial charge in [0.2, 0.25) is 5.91 Å². The number of fused-ring (bicyclic) bond motifs is 2. The molecule has 0 aromatic heterocycles. The number of carbonyl (C=O) groups is 3. The smallest absolute Gasteiger partial charge is 0.312 e. The van der Waals surface area contributed by atoms with Gasteiger partial charge in [-0.25, -0.2) is 0 Å². The number of benzene rings is 1. The molecule has 35 heavy (non-hydrogen) atoms. The number of ether oxygens (including phenoxy) is 2. The van der Waals surface area contributed by atoms with Gasteiger partial charge in [-0.3, -0.25) is 14.4 Å². The van der Waals surface area contributed by atoms with Crippen molar-refractivity contribution >= 4 is 23.5 Å². The number of likely N-dealkylation sites (tertiary alicyclic amines) is 1. The highest BCUT2D eigenvalue weighted by Gasteiger charge is 2.72. The Labute approximate surface area is 205 Å². The lowest BCUT2D eigenvalue weighted by molar-refractivity contribution is -0.155. The topological polar surface area (TPSA) is 96.4 Å². The molecule has 2 saturated heterocycles. The number of hydrogen-bond acceptors (Lipinski definition) is 6. The summed E-state index contributed by atoms with van der Waals surface area (Å²) in [7, 11) is 0. The molecule has 2 amide bonds. The van der Waals surface area contributed by atoms with Gasteiger partial charge >= 0.3 is 5.97 Å². The number of aliphatic hydroxyl groups excluding tert-OH is 1. The van der Waals surface area contributed by atoms with E-state index in [1.54, 1.807) is 11.0 Å². The van der Waals surface area contributed by atoms with E-state index in [1.165, 1.54) is 4.90 Å². The maximum absolute atomic E-state index is 14.3. The van der Waals surface area contributed by atoms with Gasteiger partial charge in [-0.15, -0.1) is 0 Å². The summed E-state index contributed by atoms with van der Waals surface area (Å²) in [6, 6.07) is 4.34. The molecule has 5 rings (SSSR count). The van der Waals surface area contributed by atoms with Crippen molar-refractivity contribution in [3.8, 4) is 0 Å². The van der Waals surface area contributed by atoms with E-state index in [0.29, 0.717) is 19.4 Å². The Morgan fingerprint density at radius 3 is 2.71 bits per heavy atom. The Morgan fingerprint density at radius 2 is 1.97 bits per heavy atom. The van der Waals surface area contributed by atoms with E-state index in [1.807, 2.05) is 57.2 Å². The van der Waals surface area contributed by atoms with E-state index < -0.39 is 41.6 Å². The molecule has 1 spiro atoms. The summed E-state index contributed by atoms with van der Waals surface area (Å²) in [5, 5.41) is 10.2. The molecule has 6 atom stereocenters. The van der Waals surface area contributed by atoms with E-state index in [0.717, 1.165) is 16.8 Å². The van der Waals surface area contributed by atoms with E-state index in [2.05, 4.69) is 0 Å². The molecule has 4 heterocycles. The van der Waals surface area contributed by atoms with Gasteiger partial charge in [-0.1, -0.05) is 43.4 Å². The Kier molecular flexibility index (Phi) is 6.05. The maximum Gasteiger partial charge on any atom is 0.312 e. The number of aryl methyl sites for hydroxylation is 2. The van der Waals surface area contributed by atoms with Gasteiger partial charge in [-0.2, -0.15) is 0 Å². The normalized spacial score (nSPS) is 33.0. The van der Waals surface area contributed by atoms with Crippen molar-refractivity contribution in [3.63, 3.8) is 0 Å². The quantitative estimate of drug-likeness (QED) is 0.524. The molecule has 186 valence electrons. The first kappa shape index (κ1) is 23.8. The lowest BCUT2D eigenvalue weighted by atomic mass is 9.77. The number of rotatable bonds is 4. The molecule has 0 saturated carbocycles. The van der Waals surface area contributed by atoms with Gasteiger partial charge in [0.15, 0.2) is 0 Å². The van der Waals surface area contributed by atoms with E-state index in [-0.39, 0.29) is 25.0 Å². The predicted octanol–water partition coefficient (Wildman–Crippen LogP) is 2.06. The van der Waals surface area contributed by atoms with Crippen LogP contribution in [0, 0.1) is 25.7 Å². The Balaban J connectivity index is 1.67. The summed E-state index contributed by atoms with van der Waals surface area (Å²) < 4.78 is 12.0. The largest absolute Gasteiger partial charge is 0.465 e. The van der Waals surface area contributed by atoms with E-state index >= 15 is 0 Å². The molecule has 8 heteroatoms. The number of carbonyl (C=O) groups excluding carboxylic acids is 3. The molecule has 0 aliphatic carbocycles. The standard InChI is InChI=1S/C27H32N2O6/c1-4-18(15-30)29-23-25(32)28(19-14-16(2)9-10-17(19)3)12-7-11-27(23)22(24(29)31)21-20(35-27)8-5-6-13-34-26(21)33/h5,7-11,14,18,20-23,30H,4,6,12-13,15H2,1-3H3/t18-,20+,21-,22-,23?,27-/m0/s1. The van der Waals surface area contributed by atoms with Crippen LogP contribution in [0.4, 0.5) is 5.69 Å². The van der Waals surface area contributed by atoms with Crippen molar-refractivity contribution in [3.05, 3.63) is 53.6 Å². The first-order chi connectivity index (χ1) is 16.8. The molecule has 1 aromatic carbocycles. The van der Waals surface area contributed by atoms with Crippen LogP contribution in [0.25, 0.3) is 0 Å². The fourth-order valence-corrected chi connectivity index (χ4v) is 6.08. The lowest BCUT2D eigenvalue weighted by Crippen LogP contribution is -2.58. The number of aliphatic hydroxyl groups is 1.